The highest BCUT2D eigenvalue weighted by molar-refractivity contribution is 5.74. The van der Waals surface area contributed by atoms with Crippen LogP contribution in [0.3, 0.4) is 0 Å². The van der Waals surface area contributed by atoms with Gasteiger partial charge in [-0.3, -0.25) is 19.3 Å². The van der Waals surface area contributed by atoms with Crippen LogP contribution in [0.15, 0.2) is 0 Å². The summed E-state index contributed by atoms with van der Waals surface area (Å²) in [6.07, 6.45) is 2.70. The molecule has 0 N–H and O–H groups in total. The number of methoxy groups -OCH3 is 2. The lowest BCUT2D eigenvalue weighted by Gasteiger charge is -2.19. The molecule has 0 spiro atoms. The molecule has 7 nitrogen and oxygen atoms in total. The Bertz CT molecular complexity index is 313. The van der Waals surface area contributed by atoms with Gasteiger partial charge in [-0.05, 0) is 26.3 Å². The molecule has 0 aliphatic rings. The summed E-state index contributed by atoms with van der Waals surface area (Å²) in [5.41, 5.74) is 0. The van der Waals surface area contributed by atoms with Crippen molar-refractivity contribution < 1.29 is 28.6 Å². The molecule has 0 aliphatic heterocycles. The molecule has 0 saturated carbocycles. The molecule has 0 unspecified atom stereocenters. The number of hydrogen-bond donors (Lipinski definition) is 0. The smallest absolute Gasteiger partial charge is 0.319 e. The highest BCUT2D eigenvalue weighted by atomic mass is 16.5. The topological polar surface area (TPSA) is 82.1 Å². The summed E-state index contributed by atoms with van der Waals surface area (Å²) in [7, 11) is 2.61. The Kier molecular flexibility index (Phi) is 11.2. The minimum Gasteiger partial charge on any atom is -0.468 e. The molecule has 0 radical (unpaired) electrons. The summed E-state index contributed by atoms with van der Waals surface area (Å²) in [4.78, 5) is 35.4. The summed E-state index contributed by atoms with van der Waals surface area (Å²) in [6.45, 7) is 2.82. The Morgan fingerprint density at radius 2 is 1.43 bits per heavy atom. The van der Waals surface area contributed by atoms with Gasteiger partial charge >= 0.3 is 17.9 Å². The monoisotopic (exact) mass is 303 g/mol. The summed E-state index contributed by atoms with van der Waals surface area (Å²) < 4.78 is 14.0. The first-order chi connectivity index (χ1) is 10.0. The lowest BCUT2D eigenvalue weighted by Crippen LogP contribution is -2.36. The number of ether oxygens (including phenoxy) is 3. The molecule has 122 valence electrons. The lowest BCUT2D eigenvalue weighted by atomic mass is 10.2. The van der Waals surface area contributed by atoms with Gasteiger partial charge in [0.1, 0.15) is 0 Å². The number of carbonyl (C=O) groups is 3. The van der Waals surface area contributed by atoms with E-state index in [1.165, 1.54) is 14.2 Å². The maximum absolute atomic E-state index is 11.3. The fraction of sp³-hybridized carbons (Fsp3) is 0.786. The van der Waals surface area contributed by atoms with Gasteiger partial charge < -0.3 is 14.2 Å². The quantitative estimate of drug-likeness (QED) is 0.316. The number of unbranched alkanes of at least 4 members (excludes halogenated alkanes) is 2. The Balaban J connectivity index is 3.97. The molecule has 21 heavy (non-hydrogen) atoms. The third-order valence-corrected chi connectivity index (χ3v) is 2.82. The van der Waals surface area contributed by atoms with E-state index in [1.807, 2.05) is 0 Å². The van der Waals surface area contributed by atoms with E-state index in [9.17, 15) is 14.4 Å². The number of nitrogens with zero attached hydrogens (tertiary/aromatic N) is 1. The van der Waals surface area contributed by atoms with E-state index in [0.717, 1.165) is 19.3 Å². The fourth-order valence-electron chi connectivity index (χ4n) is 1.72. The van der Waals surface area contributed by atoms with Crippen LogP contribution in [0.2, 0.25) is 0 Å². The summed E-state index contributed by atoms with van der Waals surface area (Å²) >= 11 is 0. The molecule has 0 aromatic heterocycles. The fourth-order valence-corrected chi connectivity index (χ4v) is 1.72. The minimum atomic E-state index is -0.398. The minimum absolute atomic E-state index is 0.0451. The lowest BCUT2D eigenvalue weighted by molar-refractivity contribution is -0.146. The SMILES string of the molecule is CCOC(=O)CCCCCN(CC(=O)OC)CC(=O)OC. The standard InChI is InChI=1S/C14H25NO6/c1-4-21-12(16)8-6-5-7-9-15(10-13(17)19-2)11-14(18)20-3/h4-11H2,1-3H3. The van der Waals surface area contributed by atoms with Crippen LogP contribution < -0.4 is 0 Å². The third kappa shape index (κ3) is 10.8. The zero-order valence-electron chi connectivity index (χ0n) is 13.1. The van der Waals surface area contributed by atoms with E-state index in [2.05, 4.69) is 9.47 Å². The van der Waals surface area contributed by atoms with Crippen molar-refractivity contribution in [1.82, 2.24) is 4.90 Å². The highest BCUT2D eigenvalue weighted by Gasteiger charge is 2.14. The first-order valence-electron chi connectivity index (χ1n) is 7.05. The maximum atomic E-state index is 11.3. The maximum Gasteiger partial charge on any atom is 0.319 e. The normalized spacial score (nSPS) is 10.3. The second-order valence-corrected chi connectivity index (χ2v) is 4.48. The highest BCUT2D eigenvalue weighted by Crippen LogP contribution is 2.04. The van der Waals surface area contributed by atoms with Crippen molar-refractivity contribution in [2.45, 2.75) is 32.6 Å². The molecule has 0 aromatic carbocycles. The van der Waals surface area contributed by atoms with Gasteiger partial charge in [-0.2, -0.15) is 0 Å². The van der Waals surface area contributed by atoms with Crippen LogP contribution in [0.4, 0.5) is 0 Å². The molecule has 0 aromatic rings. The molecular formula is C14H25NO6. The predicted octanol–water partition coefficient (Wildman–Crippen LogP) is 0.758. The Morgan fingerprint density at radius 3 is 1.90 bits per heavy atom. The molecule has 0 fully saturated rings. The van der Waals surface area contributed by atoms with Gasteiger partial charge in [-0.25, -0.2) is 0 Å². The van der Waals surface area contributed by atoms with Crippen LogP contribution in [0.25, 0.3) is 0 Å². The van der Waals surface area contributed by atoms with Gasteiger partial charge in [0, 0.05) is 6.42 Å². The van der Waals surface area contributed by atoms with E-state index in [0.29, 0.717) is 19.6 Å². The van der Waals surface area contributed by atoms with Gasteiger partial charge in [0.2, 0.25) is 0 Å². The van der Waals surface area contributed by atoms with Crippen molar-refractivity contribution >= 4 is 17.9 Å². The van der Waals surface area contributed by atoms with Crippen LogP contribution in [-0.2, 0) is 28.6 Å². The Hall–Kier alpha value is -1.63. The van der Waals surface area contributed by atoms with Crippen molar-refractivity contribution in [2.24, 2.45) is 0 Å². The Morgan fingerprint density at radius 1 is 0.857 bits per heavy atom. The molecule has 0 atom stereocenters. The Labute approximate surface area is 125 Å². The molecule has 0 rings (SSSR count). The van der Waals surface area contributed by atoms with Crippen molar-refractivity contribution in [3.63, 3.8) is 0 Å². The summed E-state index contributed by atoms with van der Waals surface area (Å²) in [5.74, 6) is -0.991. The molecule has 0 aliphatic carbocycles. The summed E-state index contributed by atoms with van der Waals surface area (Å²) in [5, 5.41) is 0. The van der Waals surface area contributed by atoms with Gasteiger partial charge in [0.15, 0.2) is 0 Å². The molecule has 0 amide bonds. The van der Waals surface area contributed by atoms with E-state index < -0.39 is 11.9 Å². The van der Waals surface area contributed by atoms with E-state index in [1.54, 1.807) is 11.8 Å². The number of rotatable bonds is 11. The van der Waals surface area contributed by atoms with E-state index in [4.69, 9.17) is 4.74 Å². The second-order valence-electron chi connectivity index (χ2n) is 4.48. The first kappa shape index (κ1) is 19.4. The van der Waals surface area contributed by atoms with Gasteiger partial charge in [0.25, 0.3) is 0 Å². The first-order valence-corrected chi connectivity index (χ1v) is 7.05. The van der Waals surface area contributed by atoms with Crippen molar-refractivity contribution in [3.8, 4) is 0 Å². The molecule has 0 saturated heterocycles. The van der Waals surface area contributed by atoms with Gasteiger partial charge in [-0.15, -0.1) is 0 Å². The number of hydrogen-bond acceptors (Lipinski definition) is 7. The zero-order chi connectivity index (χ0) is 16.1. The zero-order valence-corrected chi connectivity index (χ0v) is 13.1. The average molecular weight is 303 g/mol. The van der Waals surface area contributed by atoms with Crippen molar-refractivity contribution in [2.75, 3.05) is 40.5 Å². The molecule has 0 heterocycles. The molecular weight excluding hydrogens is 278 g/mol. The van der Waals surface area contributed by atoms with Crippen molar-refractivity contribution in [3.05, 3.63) is 0 Å². The second kappa shape index (κ2) is 12.1. The largest absolute Gasteiger partial charge is 0.468 e. The van der Waals surface area contributed by atoms with Crippen LogP contribution in [0.1, 0.15) is 32.6 Å². The van der Waals surface area contributed by atoms with Gasteiger partial charge in [0.05, 0.1) is 33.9 Å². The van der Waals surface area contributed by atoms with Crippen LogP contribution in [-0.4, -0.2) is 63.3 Å². The van der Waals surface area contributed by atoms with Crippen LogP contribution in [0.5, 0.6) is 0 Å². The molecule has 0 bridgehead atoms. The third-order valence-electron chi connectivity index (χ3n) is 2.82. The van der Waals surface area contributed by atoms with Crippen LogP contribution in [0, 0.1) is 0 Å². The predicted molar refractivity (Wildman–Crippen MR) is 75.6 cm³/mol. The van der Waals surface area contributed by atoms with Crippen LogP contribution >= 0.6 is 0 Å². The number of esters is 3. The molecule has 7 heteroatoms. The van der Waals surface area contributed by atoms with Gasteiger partial charge in [-0.1, -0.05) is 6.42 Å². The van der Waals surface area contributed by atoms with E-state index in [-0.39, 0.29) is 19.1 Å². The summed E-state index contributed by atoms with van der Waals surface area (Å²) in [6, 6.07) is 0. The average Bonchev–Trinajstić information content (AvgIpc) is 2.46. The van der Waals surface area contributed by atoms with E-state index >= 15 is 0 Å². The number of carbonyl (C=O) groups excluding carboxylic acids is 3. The van der Waals surface area contributed by atoms with Crippen molar-refractivity contribution in [1.29, 1.82) is 0 Å².